The molecule has 0 aromatic heterocycles. The first-order chi connectivity index (χ1) is 21.4. The predicted molar refractivity (Wildman–Crippen MR) is 182 cm³/mol. The number of rotatable bonds is 9. The Labute approximate surface area is 266 Å². The fourth-order valence-corrected chi connectivity index (χ4v) is 5.68. The molecule has 5 aromatic carbocycles. The molecule has 0 atom stereocenters. The van der Waals surface area contributed by atoms with E-state index >= 15 is 0 Å². The molecule has 4 nitrogen and oxygen atoms in total. The second kappa shape index (κ2) is 12.6. The van der Waals surface area contributed by atoms with Crippen molar-refractivity contribution in [3.63, 3.8) is 0 Å². The largest absolute Gasteiger partial charge is 0.497 e. The molecular formula is C41H40O4. The summed E-state index contributed by atoms with van der Waals surface area (Å²) in [6, 6.07) is 30.0. The predicted octanol–water partition coefficient (Wildman–Crippen LogP) is 9.82. The highest BCUT2D eigenvalue weighted by molar-refractivity contribution is 6.11. The highest BCUT2D eigenvalue weighted by atomic mass is 16.5. The second-order valence-electron chi connectivity index (χ2n) is 12.4. The highest BCUT2D eigenvalue weighted by Gasteiger charge is 2.26. The van der Waals surface area contributed by atoms with Crippen molar-refractivity contribution in [3.05, 3.63) is 158 Å². The van der Waals surface area contributed by atoms with E-state index in [0.717, 1.165) is 16.9 Å². The molecule has 0 bridgehead atoms. The fourth-order valence-electron chi connectivity index (χ4n) is 5.68. The van der Waals surface area contributed by atoms with Crippen LogP contribution in [-0.2, 0) is 5.41 Å². The molecule has 228 valence electrons. The van der Waals surface area contributed by atoms with Gasteiger partial charge in [0.05, 0.1) is 7.11 Å². The van der Waals surface area contributed by atoms with Gasteiger partial charge in [0.25, 0.3) is 0 Å². The summed E-state index contributed by atoms with van der Waals surface area (Å²) in [6.07, 6.45) is 0. The number of carbonyl (C=O) groups is 2. The average Bonchev–Trinajstić information content (AvgIpc) is 3.04. The summed E-state index contributed by atoms with van der Waals surface area (Å²) in [7, 11) is 1.59. The van der Waals surface area contributed by atoms with Crippen molar-refractivity contribution < 1.29 is 19.1 Å². The minimum Gasteiger partial charge on any atom is -0.497 e. The molecule has 0 aliphatic heterocycles. The minimum absolute atomic E-state index is 0.110. The Bertz CT molecular complexity index is 1830. The van der Waals surface area contributed by atoms with Crippen molar-refractivity contribution in [2.24, 2.45) is 0 Å². The Kier molecular flexibility index (Phi) is 8.79. The van der Waals surface area contributed by atoms with E-state index in [9.17, 15) is 9.59 Å². The van der Waals surface area contributed by atoms with Crippen LogP contribution >= 0.6 is 0 Å². The van der Waals surface area contributed by atoms with Gasteiger partial charge in [0.2, 0.25) is 0 Å². The smallest absolute Gasteiger partial charge is 0.193 e. The van der Waals surface area contributed by atoms with Crippen LogP contribution in [-0.4, -0.2) is 18.7 Å². The summed E-state index contributed by atoms with van der Waals surface area (Å²) >= 11 is 0. The van der Waals surface area contributed by atoms with Gasteiger partial charge >= 0.3 is 0 Å². The Morgan fingerprint density at radius 1 is 0.511 bits per heavy atom. The maximum absolute atomic E-state index is 13.2. The molecule has 0 amide bonds. The third kappa shape index (κ3) is 6.46. The van der Waals surface area contributed by atoms with E-state index in [1.54, 1.807) is 67.8 Å². The van der Waals surface area contributed by atoms with Crippen molar-refractivity contribution in [1.82, 2.24) is 0 Å². The number of ketones is 2. The van der Waals surface area contributed by atoms with Crippen molar-refractivity contribution in [2.45, 2.75) is 53.9 Å². The first-order valence-corrected chi connectivity index (χ1v) is 15.2. The first-order valence-electron chi connectivity index (χ1n) is 15.2. The molecule has 4 heteroatoms. The van der Waals surface area contributed by atoms with E-state index in [1.807, 2.05) is 12.1 Å². The maximum atomic E-state index is 13.2. The Morgan fingerprint density at radius 3 is 1.22 bits per heavy atom. The summed E-state index contributed by atoms with van der Waals surface area (Å²) in [4.78, 5) is 26.1. The molecule has 0 spiro atoms. The quantitative estimate of drug-likeness (QED) is 0.159. The third-order valence-electron chi connectivity index (χ3n) is 8.93. The maximum Gasteiger partial charge on any atom is 0.193 e. The number of methoxy groups -OCH3 is 1. The molecule has 0 radical (unpaired) electrons. The van der Waals surface area contributed by atoms with Gasteiger partial charge < -0.3 is 9.47 Å². The molecule has 0 heterocycles. The lowest BCUT2D eigenvalue weighted by molar-refractivity contribution is 0.102. The molecule has 0 saturated heterocycles. The van der Waals surface area contributed by atoms with Crippen molar-refractivity contribution in [1.29, 1.82) is 0 Å². The van der Waals surface area contributed by atoms with Crippen LogP contribution in [0, 0.1) is 34.6 Å². The zero-order chi connectivity index (χ0) is 32.5. The van der Waals surface area contributed by atoms with Gasteiger partial charge in [0, 0.05) is 27.7 Å². The van der Waals surface area contributed by atoms with E-state index < -0.39 is 0 Å². The number of aryl methyl sites for hydroxylation is 4. The monoisotopic (exact) mass is 596 g/mol. The Hall–Kier alpha value is -4.96. The lowest BCUT2D eigenvalue weighted by atomic mass is 9.75. The van der Waals surface area contributed by atoms with Crippen LogP contribution in [0.2, 0.25) is 0 Å². The van der Waals surface area contributed by atoms with Crippen molar-refractivity contribution >= 4 is 11.6 Å². The highest BCUT2D eigenvalue weighted by Crippen LogP contribution is 2.38. The Balaban J connectivity index is 1.30. The molecule has 0 N–H and O–H groups in total. The number of carbonyl (C=O) groups excluding carboxylic acids is 2. The SMILES string of the molecule is COc1ccc(C(=O)c2ccc(C(=O)c3ccc(Oc4c(C)cc(C(C)(C)c5cc(C)c(C)c(C)c5)cc4C)cc3)cc2)cc1. The van der Waals surface area contributed by atoms with Gasteiger partial charge in [-0.05, 0) is 122 Å². The van der Waals surface area contributed by atoms with Crippen LogP contribution in [0.5, 0.6) is 17.2 Å². The molecule has 5 aromatic rings. The summed E-state index contributed by atoms with van der Waals surface area (Å²) in [5.74, 6) is 1.94. The van der Waals surface area contributed by atoms with E-state index in [2.05, 4.69) is 72.7 Å². The lowest BCUT2D eigenvalue weighted by Crippen LogP contribution is -2.20. The molecule has 0 unspecified atom stereocenters. The van der Waals surface area contributed by atoms with E-state index in [-0.39, 0.29) is 17.0 Å². The molecule has 0 fully saturated rings. The summed E-state index contributed by atoms with van der Waals surface area (Å²) in [6.45, 7) is 15.2. The van der Waals surface area contributed by atoms with E-state index in [4.69, 9.17) is 9.47 Å². The standard InChI is InChI=1S/C41H40O4/c1-25-21-34(22-26(2)29(25)5)41(6,7)35-23-27(3)40(28(4)24-35)45-37-19-15-33(16-20-37)39(43)31-11-9-30(10-12-31)38(42)32-13-17-36(44-8)18-14-32/h9-24H,1-8H3. The molecular weight excluding hydrogens is 556 g/mol. The van der Waals surface area contributed by atoms with Gasteiger partial charge in [-0.1, -0.05) is 62.4 Å². The van der Waals surface area contributed by atoms with E-state index in [1.165, 1.54) is 27.8 Å². The zero-order valence-corrected chi connectivity index (χ0v) is 27.4. The minimum atomic E-state index is -0.166. The van der Waals surface area contributed by atoms with Gasteiger partial charge in [-0.25, -0.2) is 0 Å². The van der Waals surface area contributed by atoms with Gasteiger partial charge in [0.15, 0.2) is 11.6 Å². The number of hydrogen-bond acceptors (Lipinski definition) is 4. The van der Waals surface area contributed by atoms with Crippen LogP contribution < -0.4 is 9.47 Å². The summed E-state index contributed by atoms with van der Waals surface area (Å²) in [5.41, 5.74) is 10.6. The fraction of sp³-hybridized carbons (Fsp3) is 0.220. The van der Waals surface area contributed by atoms with Crippen molar-refractivity contribution in [3.8, 4) is 17.2 Å². The van der Waals surface area contributed by atoms with Gasteiger partial charge in [-0.2, -0.15) is 0 Å². The lowest BCUT2D eigenvalue weighted by Gasteiger charge is -2.29. The van der Waals surface area contributed by atoms with E-state index in [0.29, 0.717) is 33.8 Å². The molecule has 0 saturated carbocycles. The van der Waals surface area contributed by atoms with Gasteiger partial charge in [-0.3, -0.25) is 9.59 Å². The number of ether oxygens (including phenoxy) is 2. The number of hydrogen-bond donors (Lipinski definition) is 0. The summed E-state index contributed by atoms with van der Waals surface area (Å²) in [5, 5.41) is 0. The third-order valence-corrected chi connectivity index (χ3v) is 8.93. The van der Waals surface area contributed by atoms with Crippen LogP contribution in [0.3, 0.4) is 0 Å². The van der Waals surface area contributed by atoms with Gasteiger partial charge in [-0.15, -0.1) is 0 Å². The number of benzene rings is 5. The van der Waals surface area contributed by atoms with Gasteiger partial charge in [0.1, 0.15) is 17.2 Å². The Morgan fingerprint density at radius 2 is 0.844 bits per heavy atom. The normalized spacial score (nSPS) is 11.3. The van der Waals surface area contributed by atoms with Crippen molar-refractivity contribution in [2.75, 3.05) is 7.11 Å². The van der Waals surface area contributed by atoms with Crippen LogP contribution in [0.1, 0.15) is 84.6 Å². The average molecular weight is 597 g/mol. The molecule has 0 aliphatic rings. The van der Waals surface area contributed by atoms with Crippen LogP contribution in [0.4, 0.5) is 0 Å². The molecule has 0 aliphatic carbocycles. The zero-order valence-electron chi connectivity index (χ0n) is 27.4. The molecule has 45 heavy (non-hydrogen) atoms. The van der Waals surface area contributed by atoms with Crippen LogP contribution in [0.15, 0.2) is 97.1 Å². The second-order valence-corrected chi connectivity index (χ2v) is 12.4. The summed E-state index contributed by atoms with van der Waals surface area (Å²) < 4.78 is 11.5. The first kappa shape index (κ1) is 31.5. The topological polar surface area (TPSA) is 52.6 Å². The van der Waals surface area contributed by atoms with Crippen LogP contribution in [0.25, 0.3) is 0 Å². The molecule has 5 rings (SSSR count).